The number of urea groups is 1. The number of rotatable bonds is 6. The fourth-order valence-corrected chi connectivity index (χ4v) is 3.02. The highest BCUT2D eigenvalue weighted by atomic mass is 16.5. The van der Waals surface area contributed by atoms with Crippen LogP contribution in [-0.4, -0.2) is 42.4 Å². The Bertz CT molecular complexity index is 342. The molecule has 2 saturated carbocycles. The summed E-state index contributed by atoms with van der Waals surface area (Å²) in [6.07, 6.45) is 7.02. The minimum atomic E-state index is -0.764. The van der Waals surface area contributed by atoms with Gasteiger partial charge in [0.1, 0.15) is 0 Å². The zero-order valence-corrected chi connectivity index (χ0v) is 11.8. The number of carbonyl (C=O) groups is 2. The maximum absolute atomic E-state index is 11.6. The van der Waals surface area contributed by atoms with Gasteiger partial charge in [-0.05, 0) is 32.1 Å². The Labute approximate surface area is 119 Å². The highest BCUT2D eigenvalue weighted by Gasteiger charge is 2.30. The van der Waals surface area contributed by atoms with Crippen LogP contribution < -0.4 is 10.6 Å². The van der Waals surface area contributed by atoms with E-state index in [0.717, 1.165) is 19.3 Å². The second-order valence-corrected chi connectivity index (χ2v) is 5.72. The Kier molecular flexibility index (Phi) is 5.64. The molecule has 0 bridgehead atoms. The molecule has 0 radical (unpaired) electrons. The van der Waals surface area contributed by atoms with Crippen molar-refractivity contribution in [2.45, 2.75) is 57.1 Å². The minimum absolute atomic E-state index is 0.0214. The van der Waals surface area contributed by atoms with Gasteiger partial charge in [-0.1, -0.05) is 12.8 Å². The average molecular weight is 284 g/mol. The number of hydrogen-bond donors (Lipinski definition) is 3. The molecule has 0 aromatic rings. The van der Waals surface area contributed by atoms with Crippen molar-refractivity contribution in [2.24, 2.45) is 5.92 Å². The highest BCUT2D eigenvalue weighted by Crippen LogP contribution is 2.25. The summed E-state index contributed by atoms with van der Waals surface area (Å²) < 4.78 is 5.65. The van der Waals surface area contributed by atoms with Crippen LogP contribution in [0, 0.1) is 5.92 Å². The number of carboxylic acids is 1. The van der Waals surface area contributed by atoms with E-state index in [4.69, 9.17) is 9.84 Å². The van der Waals surface area contributed by atoms with Gasteiger partial charge >= 0.3 is 12.0 Å². The van der Waals surface area contributed by atoms with E-state index in [9.17, 15) is 9.59 Å². The molecule has 2 amide bonds. The van der Waals surface area contributed by atoms with Crippen molar-refractivity contribution < 1.29 is 19.4 Å². The third-order valence-electron chi connectivity index (χ3n) is 4.16. The monoisotopic (exact) mass is 284 g/mol. The lowest BCUT2D eigenvalue weighted by Gasteiger charge is -2.14. The second kappa shape index (κ2) is 7.47. The summed E-state index contributed by atoms with van der Waals surface area (Å²) in [6.45, 7) is 1.04. The summed E-state index contributed by atoms with van der Waals surface area (Å²) >= 11 is 0. The van der Waals surface area contributed by atoms with Gasteiger partial charge in [-0.3, -0.25) is 4.79 Å². The van der Waals surface area contributed by atoms with Gasteiger partial charge in [-0.15, -0.1) is 0 Å². The molecule has 0 spiro atoms. The van der Waals surface area contributed by atoms with Gasteiger partial charge < -0.3 is 20.5 Å². The van der Waals surface area contributed by atoms with E-state index in [-0.39, 0.29) is 18.0 Å². The summed E-state index contributed by atoms with van der Waals surface area (Å²) in [5.74, 6) is -1.08. The van der Waals surface area contributed by atoms with E-state index in [1.807, 2.05) is 0 Å². The zero-order chi connectivity index (χ0) is 14.4. The van der Waals surface area contributed by atoms with Gasteiger partial charge in [0.25, 0.3) is 0 Å². The van der Waals surface area contributed by atoms with Crippen LogP contribution in [0.2, 0.25) is 0 Å². The van der Waals surface area contributed by atoms with Crippen LogP contribution in [-0.2, 0) is 9.53 Å². The third-order valence-corrected chi connectivity index (χ3v) is 4.16. The Morgan fingerprint density at radius 3 is 2.55 bits per heavy atom. The first-order valence-corrected chi connectivity index (χ1v) is 7.54. The van der Waals surface area contributed by atoms with Gasteiger partial charge in [-0.25, -0.2) is 4.79 Å². The van der Waals surface area contributed by atoms with E-state index in [1.165, 1.54) is 12.8 Å². The summed E-state index contributed by atoms with van der Waals surface area (Å²) in [4.78, 5) is 22.5. The standard InChI is InChI=1S/C14H24N2O4/c17-13(18)10-5-6-11(9-10)16-14(19)15-7-8-20-12-3-1-2-4-12/h10-12H,1-9H2,(H,17,18)(H2,15,16,19). The first-order valence-electron chi connectivity index (χ1n) is 7.54. The molecule has 2 unspecified atom stereocenters. The summed E-state index contributed by atoms with van der Waals surface area (Å²) in [5.41, 5.74) is 0. The second-order valence-electron chi connectivity index (χ2n) is 5.72. The predicted octanol–water partition coefficient (Wildman–Crippen LogP) is 1.50. The van der Waals surface area contributed by atoms with Crippen molar-refractivity contribution in [1.29, 1.82) is 0 Å². The van der Waals surface area contributed by atoms with Gasteiger partial charge in [0.15, 0.2) is 0 Å². The maximum Gasteiger partial charge on any atom is 0.315 e. The zero-order valence-electron chi connectivity index (χ0n) is 11.8. The summed E-state index contributed by atoms with van der Waals surface area (Å²) in [5, 5.41) is 14.5. The Hall–Kier alpha value is -1.30. The van der Waals surface area contributed by atoms with Gasteiger partial charge in [0, 0.05) is 12.6 Å². The third kappa shape index (κ3) is 4.67. The average Bonchev–Trinajstić information content (AvgIpc) is 3.05. The predicted molar refractivity (Wildman–Crippen MR) is 73.5 cm³/mol. The lowest BCUT2D eigenvalue weighted by Crippen LogP contribution is -2.42. The molecule has 2 rings (SSSR count). The smallest absolute Gasteiger partial charge is 0.315 e. The highest BCUT2D eigenvalue weighted by molar-refractivity contribution is 5.75. The molecule has 2 atom stereocenters. The first kappa shape index (κ1) is 15.1. The first-order chi connectivity index (χ1) is 9.65. The van der Waals surface area contributed by atoms with E-state index in [2.05, 4.69) is 10.6 Å². The molecular weight excluding hydrogens is 260 g/mol. The largest absolute Gasteiger partial charge is 0.481 e. The van der Waals surface area contributed by atoms with Crippen LogP contribution in [0.15, 0.2) is 0 Å². The molecule has 0 aliphatic heterocycles. The molecule has 6 heteroatoms. The van der Waals surface area contributed by atoms with Crippen LogP contribution in [0.5, 0.6) is 0 Å². The Morgan fingerprint density at radius 1 is 1.15 bits per heavy atom. The quantitative estimate of drug-likeness (QED) is 0.645. The molecule has 114 valence electrons. The minimum Gasteiger partial charge on any atom is -0.481 e. The number of carbonyl (C=O) groups excluding carboxylic acids is 1. The fourth-order valence-electron chi connectivity index (χ4n) is 3.02. The van der Waals surface area contributed by atoms with Crippen molar-refractivity contribution >= 4 is 12.0 Å². The summed E-state index contributed by atoms with van der Waals surface area (Å²) in [6, 6.07) is -0.247. The normalized spacial score (nSPS) is 26.6. The van der Waals surface area contributed by atoms with Gasteiger partial charge in [-0.2, -0.15) is 0 Å². The SMILES string of the molecule is O=C(NCCOC1CCCC1)NC1CCC(C(=O)O)C1. The topological polar surface area (TPSA) is 87.7 Å². The maximum atomic E-state index is 11.6. The van der Waals surface area contributed by atoms with E-state index in [0.29, 0.717) is 32.1 Å². The number of carboxylic acid groups (broad SMARTS) is 1. The molecule has 20 heavy (non-hydrogen) atoms. The number of aliphatic carboxylic acids is 1. The van der Waals surface area contributed by atoms with Crippen molar-refractivity contribution in [2.75, 3.05) is 13.2 Å². The Morgan fingerprint density at radius 2 is 1.90 bits per heavy atom. The number of hydrogen-bond acceptors (Lipinski definition) is 3. The van der Waals surface area contributed by atoms with Crippen LogP contribution in [0.4, 0.5) is 4.79 Å². The number of ether oxygens (including phenoxy) is 1. The van der Waals surface area contributed by atoms with Crippen molar-refractivity contribution in [3.8, 4) is 0 Å². The van der Waals surface area contributed by atoms with E-state index in [1.54, 1.807) is 0 Å². The molecule has 0 aromatic heterocycles. The molecule has 0 aromatic carbocycles. The van der Waals surface area contributed by atoms with Gasteiger partial charge in [0.2, 0.25) is 0 Å². The molecule has 2 fully saturated rings. The van der Waals surface area contributed by atoms with E-state index < -0.39 is 5.97 Å². The van der Waals surface area contributed by atoms with Crippen molar-refractivity contribution in [3.63, 3.8) is 0 Å². The molecule has 3 N–H and O–H groups in total. The Balaban J connectivity index is 1.53. The van der Waals surface area contributed by atoms with Crippen LogP contribution in [0.1, 0.15) is 44.9 Å². The van der Waals surface area contributed by atoms with Crippen molar-refractivity contribution in [1.82, 2.24) is 10.6 Å². The molecular formula is C14H24N2O4. The van der Waals surface area contributed by atoms with Crippen LogP contribution >= 0.6 is 0 Å². The number of nitrogens with one attached hydrogen (secondary N) is 2. The fraction of sp³-hybridized carbons (Fsp3) is 0.857. The lowest BCUT2D eigenvalue weighted by molar-refractivity contribution is -0.141. The molecule has 2 aliphatic carbocycles. The number of amides is 2. The molecule has 2 aliphatic rings. The molecule has 0 saturated heterocycles. The lowest BCUT2D eigenvalue weighted by atomic mass is 10.1. The van der Waals surface area contributed by atoms with E-state index >= 15 is 0 Å². The molecule has 6 nitrogen and oxygen atoms in total. The van der Waals surface area contributed by atoms with Crippen LogP contribution in [0.25, 0.3) is 0 Å². The summed E-state index contributed by atoms with van der Waals surface area (Å²) in [7, 11) is 0. The molecule has 0 heterocycles. The van der Waals surface area contributed by atoms with Crippen molar-refractivity contribution in [3.05, 3.63) is 0 Å². The van der Waals surface area contributed by atoms with Crippen LogP contribution in [0.3, 0.4) is 0 Å². The van der Waals surface area contributed by atoms with Gasteiger partial charge in [0.05, 0.1) is 18.6 Å².